The average molecular weight is 223 g/mol. The zero-order chi connectivity index (χ0) is 11.5. The molecule has 2 rings (SSSR count). The lowest BCUT2D eigenvalue weighted by Gasteiger charge is -2.24. The van der Waals surface area contributed by atoms with Crippen LogP contribution in [-0.4, -0.2) is 41.3 Å². The molecular weight excluding hydrogens is 206 g/mol. The Hall–Kier alpha value is -1.56. The minimum absolute atomic E-state index is 0.152. The largest absolute Gasteiger partial charge is 0.394 e. The first-order valence-electron chi connectivity index (χ1n) is 5.44. The highest BCUT2D eigenvalue weighted by Crippen LogP contribution is 2.25. The highest BCUT2D eigenvalue weighted by Gasteiger charge is 2.25. The summed E-state index contributed by atoms with van der Waals surface area (Å²) in [7, 11) is 1.79. The van der Waals surface area contributed by atoms with Crippen LogP contribution in [0.2, 0.25) is 0 Å². The van der Waals surface area contributed by atoms with Crippen molar-refractivity contribution < 1.29 is 5.11 Å². The number of hydrogen-bond donors (Lipinski definition) is 3. The van der Waals surface area contributed by atoms with Gasteiger partial charge in [-0.1, -0.05) is 0 Å². The number of aromatic nitrogens is 2. The van der Waals surface area contributed by atoms with Crippen LogP contribution in [0.5, 0.6) is 0 Å². The summed E-state index contributed by atoms with van der Waals surface area (Å²) < 4.78 is 0. The number of nitrogen functional groups attached to an aromatic ring is 1. The third-order valence-corrected chi connectivity index (χ3v) is 2.87. The molecule has 0 amide bonds. The summed E-state index contributed by atoms with van der Waals surface area (Å²) in [5, 5.41) is 12.2. The summed E-state index contributed by atoms with van der Waals surface area (Å²) in [5.41, 5.74) is 5.64. The molecule has 1 aromatic rings. The molecule has 1 aliphatic rings. The molecule has 2 heterocycles. The van der Waals surface area contributed by atoms with E-state index in [1.807, 2.05) is 6.07 Å². The maximum atomic E-state index is 9.26. The Kier molecular flexibility index (Phi) is 3.09. The van der Waals surface area contributed by atoms with Crippen molar-refractivity contribution in [2.24, 2.45) is 0 Å². The smallest absolute Gasteiger partial charge is 0.223 e. The lowest BCUT2D eigenvalue weighted by Crippen LogP contribution is -2.33. The molecule has 6 nitrogen and oxygen atoms in total. The van der Waals surface area contributed by atoms with E-state index in [1.165, 1.54) is 0 Å². The monoisotopic (exact) mass is 223 g/mol. The second-order valence-corrected chi connectivity index (χ2v) is 3.89. The van der Waals surface area contributed by atoms with Crippen molar-refractivity contribution >= 4 is 17.6 Å². The van der Waals surface area contributed by atoms with Crippen molar-refractivity contribution in [2.75, 3.05) is 36.1 Å². The van der Waals surface area contributed by atoms with Gasteiger partial charge in [0.2, 0.25) is 5.95 Å². The zero-order valence-electron chi connectivity index (χ0n) is 9.35. The van der Waals surface area contributed by atoms with Crippen molar-refractivity contribution in [1.29, 1.82) is 0 Å². The van der Waals surface area contributed by atoms with Crippen LogP contribution in [0.1, 0.15) is 12.8 Å². The van der Waals surface area contributed by atoms with Crippen LogP contribution >= 0.6 is 0 Å². The Morgan fingerprint density at radius 2 is 2.44 bits per heavy atom. The van der Waals surface area contributed by atoms with Crippen LogP contribution in [-0.2, 0) is 0 Å². The minimum atomic E-state index is 0.152. The van der Waals surface area contributed by atoms with Gasteiger partial charge in [-0.15, -0.1) is 0 Å². The van der Waals surface area contributed by atoms with Crippen LogP contribution in [0.3, 0.4) is 0 Å². The number of hydrogen-bond acceptors (Lipinski definition) is 6. The van der Waals surface area contributed by atoms with Crippen LogP contribution in [0.15, 0.2) is 6.07 Å². The molecule has 0 aliphatic carbocycles. The van der Waals surface area contributed by atoms with Gasteiger partial charge < -0.3 is 21.1 Å². The normalized spacial score (nSPS) is 20.1. The summed E-state index contributed by atoms with van der Waals surface area (Å²) in [5.74, 6) is 1.74. The molecule has 0 bridgehead atoms. The first-order valence-corrected chi connectivity index (χ1v) is 5.44. The van der Waals surface area contributed by atoms with E-state index in [1.54, 1.807) is 7.05 Å². The maximum absolute atomic E-state index is 9.26. The van der Waals surface area contributed by atoms with Crippen LogP contribution < -0.4 is 16.0 Å². The van der Waals surface area contributed by atoms with Crippen molar-refractivity contribution in [2.45, 2.75) is 18.9 Å². The molecule has 6 heteroatoms. The number of nitrogens with one attached hydrogen (secondary N) is 1. The summed E-state index contributed by atoms with van der Waals surface area (Å²) in [6.07, 6.45) is 2.07. The number of nitrogens with two attached hydrogens (primary N) is 1. The summed E-state index contributed by atoms with van der Waals surface area (Å²) in [6, 6.07) is 2.00. The molecule has 1 fully saturated rings. The Balaban J connectivity index is 2.28. The summed E-state index contributed by atoms with van der Waals surface area (Å²) in [6.45, 7) is 1.06. The number of nitrogens with zero attached hydrogens (tertiary/aromatic N) is 3. The summed E-state index contributed by atoms with van der Waals surface area (Å²) in [4.78, 5) is 10.3. The molecule has 1 aromatic heterocycles. The Bertz CT molecular complexity index is 370. The molecule has 4 N–H and O–H groups in total. The molecule has 0 unspecified atom stereocenters. The van der Waals surface area contributed by atoms with Crippen LogP contribution in [0.4, 0.5) is 17.6 Å². The second kappa shape index (κ2) is 4.52. The first-order chi connectivity index (χ1) is 7.74. The third-order valence-electron chi connectivity index (χ3n) is 2.87. The van der Waals surface area contributed by atoms with E-state index in [-0.39, 0.29) is 18.6 Å². The van der Waals surface area contributed by atoms with Gasteiger partial charge in [-0.3, -0.25) is 0 Å². The molecular formula is C10H17N5O. The molecule has 1 saturated heterocycles. The van der Waals surface area contributed by atoms with E-state index < -0.39 is 0 Å². The highest BCUT2D eigenvalue weighted by atomic mass is 16.3. The van der Waals surface area contributed by atoms with E-state index in [2.05, 4.69) is 20.2 Å². The lowest BCUT2D eigenvalue weighted by molar-refractivity contribution is 0.266. The molecule has 1 atom stereocenters. The van der Waals surface area contributed by atoms with E-state index in [9.17, 15) is 5.11 Å². The Morgan fingerprint density at radius 3 is 3.12 bits per heavy atom. The third kappa shape index (κ3) is 2.01. The molecule has 0 radical (unpaired) electrons. The summed E-state index contributed by atoms with van der Waals surface area (Å²) >= 11 is 0. The fourth-order valence-electron chi connectivity index (χ4n) is 2.05. The van der Waals surface area contributed by atoms with Gasteiger partial charge in [0.15, 0.2) is 0 Å². The zero-order valence-corrected chi connectivity index (χ0v) is 9.35. The number of rotatable bonds is 3. The van der Waals surface area contributed by atoms with Gasteiger partial charge in [0.25, 0.3) is 0 Å². The van der Waals surface area contributed by atoms with Crippen molar-refractivity contribution in [3.63, 3.8) is 0 Å². The number of aliphatic hydroxyl groups excluding tert-OH is 1. The Morgan fingerprint density at radius 1 is 1.62 bits per heavy atom. The van der Waals surface area contributed by atoms with E-state index >= 15 is 0 Å². The minimum Gasteiger partial charge on any atom is -0.394 e. The topological polar surface area (TPSA) is 87.3 Å². The predicted octanol–water partition coefficient (Wildman–Crippen LogP) is 0.0616. The fourth-order valence-corrected chi connectivity index (χ4v) is 2.05. The standard InChI is InChI=1S/C10H17N5O/c1-12-8-5-9(14-10(11)13-8)15-4-2-3-7(15)6-16/h5,7,16H,2-4,6H2,1H3,(H3,11,12,13,14)/t7-/m1/s1. The lowest BCUT2D eigenvalue weighted by atomic mass is 10.2. The second-order valence-electron chi connectivity index (χ2n) is 3.89. The first kappa shape index (κ1) is 10.9. The van der Waals surface area contributed by atoms with E-state index in [0.717, 1.165) is 25.2 Å². The molecule has 1 aliphatic heterocycles. The SMILES string of the molecule is CNc1cc(N2CCC[C@@H]2CO)nc(N)n1. The van der Waals surface area contributed by atoms with E-state index in [4.69, 9.17) is 5.73 Å². The fraction of sp³-hybridized carbons (Fsp3) is 0.600. The molecule has 0 spiro atoms. The highest BCUT2D eigenvalue weighted by molar-refractivity contribution is 5.53. The van der Waals surface area contributed by atoms with Crippen LogP contribution in [0.25, 0.3) is 0 Å². The van der Waals surface area contributed by atoms with Crippen molar-refractivity contribution in [3.05, 3.63) is 6.07 Å². The Labute approximate surface area is 94.5 Å². The van der Waals surface area contributed by atoms with Gasteiger partial charge in [0.1, 0.15) is 11.6 Å². The van der Waals surface area contributed by atoms with Crippen LogP contribution in [0, 0.1) is 0 Å². The number of aliphatic hydroxyl groups is 1. The van der Waals surface area contributed by atoms with Gasteiger partial charge in [-0.2, -0.15) is 9.97 Å². The molecule has 88 valence electrons. The average Bonchev–Trinajstić information content (AvgIpc) is 2.76. The van der Waals surface area contributed by atoms with Gasteiger partial charge >= 0.3 is 0 Å². The maximum Gasteiger partial charge on any atom is 0.223 e. The molecule has 0 saturated carbocycles. The van der Waals surface area contributed by atoms with Gasteiger partial charge in [-0.25, -0.2) is 0 Å². The quantitative estimate of drug-likeness (QED) is 0.671. The van der Waals surface area contributed by atoms with Crippen molar-refractivity contribution in [3.8, 4) is 0 Å². The predicted molar refractivity (Wildman–Crippen MR) is 63.4 cm³/mol. The molecule has 0 aromatic carbocycles. The van der Waals surface area contributed by atoms with Crippen molar-refractivity contribution in [1.82, 2.24) is 9.97 Å². The van der Waals surface area contributed by atoms with Gasteiger partial charge in [0, 0.05) is 19.7 Å². The van der Waals surface area contributed by atoms with E-state index in [0.29, 0.717) is 5.82 Å². The van der Waals surface area contributed by atoms with Gasteiger partial charge in [0.05, 0.1) is 12.6 Å². The van der Waals surface area contributed by atoms with Gasteiger partial charge in [-0.05, 0) is 12.8 Å². The number of anilines is 3. The molecule has 16 heavy (non-hydrogen) atoms.